The van der Waals surface area contributed by atoms with Gasteiger partial charge in [0.15, 0.2) is 0 Å². The van der Waals surface area contributed by atoms with E-state index in [-0.39, 0.29) is 0 Å². The highest BCUT2D eigenvalue weighted by molar-refractivity contribution is 5.14. The van der Waals surface area contributed by atoms with Crippen LogP contribution in [-0.4, -0.2) is 21.1 Å². The minimum atomic E-state index is 0.676. The van der Waals surface area contributed by atoms with E-state index >= 15 is 0 Å². The summed E-state index contributed by atoms with van der Waals surface area (Å²) in [6.07, 6.45) is 8.01. The first-order chi connectivity index (χ1) is 10.2. The first-order valence-electron chi connectivity index (χ1n) is 7.83. The zero-order chi connectivity index (χ0) is 15.1. The van der Waals surface area contributed by atoms with Crippen LogP contribution in [0.1, 0.15) is 44.3 Å². The second-order valence-electron chi connectivity index (χ2n) is 5.90. The van der Waals surface area contributed by atoms with Crippen molar-refractivity contribution in [2.45, 2.75) is 46.7 Å². The highest BCUT2D eigenvalue weighted by Crippen LogP contribution is 2.07. The molecule has 0 unspecified atom stereocenters. The monoisotopic (exact) mass is 286 g/mol. The van der Waals surface area contributed by atoms with Crippen molar-refractivity contribution in [2.75, 3.05) is 6.54 Å². The van der Waals surface area contributed by atoms with Gasteiger partial charge in [-0.15, -0.1) is 0 Å². The Morgan fingerprint density at radius 2 is 2.10 bits per heavy atom. The van der Waals surface area contributed by atoms with Crippen molar-refractivity contribution in [1.29, 1.82) is 0 Å². The summed E-state index contributed by atoms with van der Waals surface area (Å²) < 4.78 is 2.18. The fraction of sp³-hybridized carbons (Fsp3) is 0.529. The average Bonchev–Trinajstić information content (AvgIpc) is 2.88. The maximum absolute atomic E-state index is 4.56. The van der Waals surface area contributed by atoms with Gasteiger partial charge in [-0.1, -0.05) is 26.8 Å². The Bertz CT molecular complexity index is 528. The second kappa shape index (κ2) is 7.93. The van der Waals surface area contributed by atoms with Gasteiger partial charge in [-0.25, -0.2) is 4.98 Å². The molecule has 2 aromatic heterocycles. The molecule has 114 valence electrons. The number of hydrogen-bond acceptors (Lipinski definition) is 3. The van der Waals surface area contributed by atoms with Gasteiger partial charge in [-0.2, -0.15) is 0 Å². The van der Waals surface area contributed by atoms with Gasteiger partial charge in [0.05, 0.1) is 12.2 Å². The summed E-state index contributed by atoms with van der Waals surface area (Å²) in [6.45, 7) is 9.33. The molecule has 0 amide bonds. The lowest BCUT2D eigenvalue weighted by atomic mass is 10.2. The van der Waals surface area contributed by atoms with Crippen LogP contribution >= 0.6 is 0 Å². The van der Waals surface area contributed by atoms with Gasteiger partial charge in [0, 0.05) is 31.6 Å². The molecule has 0 aliphatic rings. The number of nitrogens with one attached hydrogen (secondary N) is 1. The van der Waals surface area contributed by atoms with Crippen LogP contribution in [-0.2, 0) is 19.5 Å². The fourth-order valence-electron chi connectivity index (χ4n) is 2.27. The van der Waals surface area contributed by atoms with E-state index in [4.69, 9.17) is 0 Å². The Hall–Kier alpha value is -1.68. The van der Waals surface area contributed by atoms with Gasteiger partial charge in [0.1, 0.15) is 5.82 Å². The Balaban J connectivity index is 1.91. The minimum absolute atomic E-state index is 0.676. The lowest BCUT2D eigenvalue weighted by Gasteiger charge is -2.09. The van der Waals surface area contributed by atoms with Gasteiger partial charge < -0.3 is 9.88 Å². The SMILES string of the molecule is CCCc1nccn1Cc1ccc(CNCC(C)C)cn1. The summed E-state index contributed by atoms with van der Waals surface area (Å²) >= 11 is 0. The van der Waals surface area contributed by atoms with E-state index in [2.05, 4.69) is 52.8 Å². The molecule has 1 N–H and O–H groups in total. The van der Waals surface area contributed by atoms with Crippen LogP contribution < -0.4 is 5.32 Å². The number of aromatic nitrogens is 3. The number of pyridine rings is 1. The highest BCUT2D eigenvalue weighted by Gasteiger charge is 2.03. The number of imidazole rings is 1. The molecule has 0 saturated heterocycles. The third-order valence-corrected chi connectivity index (χ3v) is 3.38. The predicted molar refractivity (Wildman–Crippen MR) is 86.1 cm³/mol. The zero-order valence-corrected chi connectivity index (χ0v) is 13.3. The van der Waals surface area contributed by atoms with Crippen LogP contribution in [0.15, 0.2) is 30.7 Å². The topological polar surface area (TPSA) is 42.7 Å². The van der Waals surface area contributed by atoms with E-state index in [1.54, 1.807) is 0 Å². The molecule has 4 nitrogen and oxygen atoms in total. The molecule has 0 aliphatic carbocycles. The summed E-state index contributed by atoms with van der Waals surface area (Å²) in [5.74, 6) is 1.82. The Morgan fingerprint density at radius 1 is 1.24 bits per heavy atom. The fourth-order valence-corrected chi connectivity index (χ4v) is 2.27. The quantitative estimate of drug-likeness (QED) is 0.811. The Labute approximate surface area is 127 Å². The van der Waals surface area contributed by atoms with Crippen molar-refractivity contribution >= 4 is 0 Å². The minimum Gasteiger partial charge on any atom is -0.329 e. The molecule has 21 heavy (non-hydrogen) atoms. The molecule has 2 rings (SSSR count). The van der Waals surface area contributed by atoms with Crippen LogP contribution in [0, 0.1) is 5.92 Å². The van der Waals surface area contributed by atoms with Gasteiger partial charge in [0.2, 0.25) is 0 Å². The van der Waals surface area contributed by atoms with Crippen molar-refractivity contribution in [2.24, 2.45) is 5.92 Å². The molecule has 0 atom stereocenters. The van der Waals surface area contributed by atoms with Crippen molar-refractivity contribution in [3.05, 3.63) is 47.8 Å². The van der Waals surface area contributed by atoms with E-state index < -0.39 is 0 Å². The largest absolute Gasteiger partial charge is 0.329 e. The van der Waals surface area contributed by atoms with Crippen molar-refractivity contribution in [3.63, 3.8) is 0 Å². The molecular weight excluding hydrogens is 260 g/mol. The van der Waals surface area contributed by atoms with Crippen LogP contribution in [0.5, 0.6) is 0 Å². The van der Waals surface area contributed by atoms with Gasteiger partial charge in [-0.05, 0) is 30.5 Å². The molecule has 0 aromatic carbocycles. The molecule has 0 bridgehead atoms. The summed E-state index contributed by atoms with van der Waals surface area (Å²) in [5.41, 5.74) is 2.32. The standard InChI is InChI=1S/C17H26N4/c1-4-5-17-19-8-9-21(17)13-16-7-6-15(12-20-16)11-18-10-14(2)3/h6-9,12,14,18H,4-5,10-11,13H2,1-3H3. The molecule has 2 heterocycles. The summed E-state index contributed by atoms with van der Waals surface area (Å²) in [7, 11) is 0. The van der Waals surface area contributed by atoms with E-state index in [0.29, 0.717) is 5.92 Å². The highest BCUT2D eigenvalue weighted by atomic mass is 15.1. The normalized spacial score (nSPS) is 11.2. The summed E-state index contributed by atoms with van der Waals surface area (Å²) in [6, 6.07) is 4.27. The van der Waals surface area contributed by atoms with Crippen LogP contribution in [0.4, 0.5) is 0 Å². The summed E-state index contributed by atoms with van der Waals surface area (Å²) in [4.78, 5) is 8.97. The van der Waals surface area contributed by atoms with Gasteiger partial charge >= 0.3 is 0 Å². The third-order valence-electron chi connectivity index (χ3n) is 3.38. The Kier molecular flexibility index (Phi) is 5.93. The van der Waals surface area contributed by atoms with Crippen molar-refractivity contribution < 1.29 is 0 Å². The van der Waals surface area contributed by atoms with Crippen molar-refractivity contribution in [1.82, 2.24) is 19.9 Å². The van der Waals surface area contributed by atoms with Crippen molar-refractivity contribution in [3.8, 4) is 0 Å². The van der Waals surface area contributed by atoms with Crippen LogP contribution in [0.25, 0.3) is 0 Å². The number of hydrogen-bond donors (Lipinski definition) is 1. The second-order valence-corrected chi connectivity index (χ2v) is 5.90. The molecule has 4 heteroatoms. The zero-order valence-electron chi connectivity index (χ0n) is 13.3. The Morgan fingerprint density at radius 3 is 2.76 bits per heavy atom. The predicted octanol–water partition coefficient (Wildman–Crippen LogP) is 3.02. The molecule has 2 aromatic rings. The van der Waals surface area contributed by atoms with Crippen LogP contribution in [0.2, 0.25) is 0 Å². The lowest BCUT2D eigenvalue weighted by molar-refractivity contribution is 0.551. The molecule has 0 saturated carbocycles. The van der Waals surface area contributed by atoms with E-state index in [9.17, 15) is 0 Å². The number of nitrogens with zero attached hydrogens (tertiary/aromatic N) is 3. The van der Waals surface area contributed by atoms with Crippen LogP contribution in [0.3, 0.4) is 0 Å². The molecule has 0 aliphatic heterocycles. The number of aryl methyl sites for hydroxylation is 1. The number of rotatable bonds is 8. The third kappa shape index (κ3) is 4.97. The average molecular weight is 286 g/mol. The molecule has 0 spiro atoms. The van der Waals surface area contributed by atoms with Gasteiger partial charge in [-0.3, -0.25) is 4.98 Å². The molecular formula is C17H26N4. The molecule has 0 radical (unpaired) electrons. The van der Waals surface area contributed by atoms with E-state index in [1.165, 1.54) is 5.56 Å². The van der Waals surface area contributed by atoms with E-state index in [1.807, 2.05) is 18.6 Å². The first-order valence-corrected chi connectivity index (χ1v) is 7.83. The maximum atomic E-state index is 4.56. The molecule has 0 fully saturated rings. The maximum Gasteiger partial charge on any atom is 0.108 e. The van der Waals surface area contributed by atoms with E-state index in [0.717, 1.165) is 44.0 Å². The lowest BCUT2D eigenvalue weighted by Crippen LogP contribution is -2.19. The van der Waals surface area contributed by atoms with Gasteiger partial charge in [0.25, 0.3) is 0 Å². The first kappa shape index (κ1) is 15.7. The summed E-state index contributed by atoms with van der Waals surface area (Å²) in [5, 5.41) is 3.44. The smallest absolute Gasteiger partial charge is 0.108 e.